The molecule has 8 nitrogen and oxygen atoms in total. The summed E-state index contributed by atoms with van der Waals surface area (Å²) in [6.07, 6.45) is 6.23. The van der Waals surface area contributed by atoms with E-state index in [2.05, 4.69) is 4.98 Å². The molecular formula is C27H30N3O5+. The lowest BCUT2D eigenvalue weighted by Crippen LogP contribution is -2.36. The molecule has 0 spiro atoms. The lowest BCUT2D eigenvalue weighted by Gasteiger charge is -2.25. The first-order valence-electron chi connectivity index (χ1n) is 11.6. The molecule has 0 aliphatic carbocycles. The number of aromatic nitrogens is 2. The topological polar surface area (TPSA) is 95.7 Å². The van der Waals surface area contributed by atoms with Crippen molar-refractivity contribution < 1.29 is 28.7 Å². The number of aromatic amines is 1. The Hall–Kier alpha value is -4.07. The quantitative estimate of drug-likeness (QED) is 0.213. The van der Waals surface area contributed by atoms with Gasteiger partial charge >= 0.3 is 0 Å². The van der Waals surface area contributed by atoms with Crippen LogP contribution < -0.4 is 14.0 Å². The number of imidazole rings is 1. The van der Waals surface area contributed by atoms with E-state index in [1.165, 1.54) is 0 Å². The van der Waals surface area contributed by atoms with Crippen molar-refractivity contribution in [1.29, 1.82) is 0 Å². The minimum absolute atomic E-state index is 0.0208. The first-order valence-corrected chi connectivity index (χ1v) is 11.6. The van der Waals surface area contributed by atoms with Crippen molar-refractivity contribution in [2.24, 2.45) is 0 Å². The van der Waals surface area contributed by atoms with E-state index in [1.54, 1.807) is 36.3 Å². The van der Waals surface area contributed by atoms with Gasteiger partial charge in [0, 0.05) is 18.5 Å². The van der Waals surface area contributed by atoms with Crippen LogP contribution in [0.1, 0.15) is 37.4 Å². The predicted molar refractivity (Wildman–Crippen MR) is 130 cm³/mol. The van der Waals surface area contributed by atoms with E-state index in [4.69, 9.17) is 9.47 Å². The number of carbonyl (C=O) groups excluding carboxylic acids is 2. The minimum Gasteiger partial charge on any atom is -0.507 e. The number of aliphatic hydroxyl groups is 1. The van der Waals surface area contributed by atoms with Gasteiger partial charge in [-0.2, -0.15) is 0 Å². The number of likely N-dealkylation sites (tertiary alicyclic amines) is 1. The molecule has 1 aromatic heterocycles. The zero-order valence-electron chi connectivity index (χ0n) is 20.1. The molecule has 1 aliphatic rings. The van der Waals surface area contributed by atoms with Crippen molar-refractivity contribution in [2.75, 3.05) is 13.7 Å². The van der Waals surface area contributed by atoms with Crippen LogP contribution in [0.2, 0.25) is 0 Å². The molecule has 2 heterocycles. The van der Waals surface area contributed by atoms with Gasteiger partial charge in [0.15, 0.2) is 0 Å². The zero-order chi connectivity index (χ0) is 24.9. The smallest absolute Gasteiger partial charge is 0.295 e. The van der Waals surface area contributed by atoms with Gasteiger partial charge in [-0.05, 0) is 55.8 Å². The second-order valence-corrected chi connectivity index (χ2v) is 8.66. The van der Waals surface area contributed by atoms with E-state index in [-0.39, 0.29) is 17.4 Å². The van der Waals surface area contributed by atoms with Crippen LogP contribution in [0.4, 0.5) is 0 Å². The van der Waals surface area contributed by atoms with Crippen LogP contribution in [-0.4, -0.2) is 46.4 Å². The third kappa shape index (κ3) is 5.21. The summed E-state index contributed by atoms with van der Waals surface area (Å²) in [6.45, 7) is 4.93. The highest BCUT2D eigenvalue weighted by molar-refractivity contribution is 6.46. The van der Waals surface area contributed by atoms with Gasteiger partial charge in [0.1, 0.15) is 29.7 Å². The van der Waals surface area contributed by atoms with E-state index in [0.29, 0.717) is 36.6 Å². The highest BCUT2D eigenvalue weighted by Crippen LogP contribution is 2.40. The van der Waals surface area contributed by atoms with Crippen molar-refractivity contribution >= 4 is 17.4 Å². The fourth-order valence-corrected chi connectivity index (χ4v) is 4.25. The number of benzene rings is 2. The van der Waals surface area contributed by atoms with Gasteiger partial charge in [-0.25, -0.2) is 4.57 Å². The standard InChI is InChI=1S/C27H29N3O5/c1-18(2)35-22-11-5-19(6-12-22)24-23(25(31)20-7-9-21(34-3)10-8-20)26(32)27(33)30(24)15-4-14-29-16-13-28-17-29/h5-13,16-18,24H,4,14-15H2,1-3H3,(H,31,32)/p+1. The molecular weight excluding hydrogens is 446 g/mol. The Morgan fingerprint density at radius 1 is 1.09 bits per heavy atom. The Balaban J connectivity index is 1.71. The predicted octanol–water partition coefficient (Wildman–Crippen LogP) is 3.61. The monoisotopic (exact) mass is 476 g/mol. The van der Waals surface area contributed by atoms with E-state index in [1.807, 2.05) is 61.4 Å². The van der Waals surface area contributed by atoms with Crippen LogP contribution in [0.15, 0.2) is 72.8 Å². The number of nitrogens with one attached hydrogen (secondary N) is 1. The van der Waals surface area contributed by atoms with E-state index in [0.717, 1.165) is 5.56 Å². The van der Waals surface area contributed by atoms with Crippen LogP contribution in [0, 0.1) is 0 Å². The molecule has 2 aromatic carbocycles. The van der Waals surface area contributed by atoms with Crippen LogP contribution in [0.25, 0.3) is 5.76 Å². The molecule has 182 valence electrons. The Morgan fingerprint density at radius 2 is 1.77 bits per heavy atom. The summed E-state index contributed by atoms with van der Waals surface area (Å²) in [5.41, 5.74) is 1.24. The number of H-pyrrole nitrogens is 1. The molecule has 3 aromatic rings. The van der Waals surface area contributed by atoms with E-state index in [9.17, 15) is 14.7 Å². The molecule has 1 saturated heterocycles. The Labute approximate surface area is 204 Å². The summed E-state index contributed by atoms with van der Waals surface area (Å²) in [5.74, 6) is -0.200. The van der Waals surface area contributed by atoms with Gasteiger partial charge < -0.3 is 19.5 Å². The molecule has 1 aliphatic heterocycles. The van der Waals surface area contributed by atoms with Crippen LogP contribution in [0.3, 0.4) is 0 Å². The summed E-state index contributed by atoms with van der Waals surface area (Å²) in [7, 11) is 1.55. The number of nitrogens with zero attached hydrogens (tertiary/aromatic N) is 2. The number of Topliss-reactive ketones (excluding diaryl/α,β-unsaturated/α-hetero) is 1. The summed E-state index contributed by atoms with van der Waals surface area (Å²) in [5, 5.41) is 11.2. The number of rotatable bonds is 9. The van der Waals surface area contributed by atoms with Gasteiger partial charge in [-0.1, -0.05) is 12.1 Å². The average molecular weight is 477 g/mol. The van der Waals surface area contributed by atoms with Gasteiger partial charge in [0.25, 0.3) is 11.7 Å². The number of ketones is 1. The molecule has 1 amide bonds. The molecule has 0 radical (unpaired) electrons. The lowest BCUT2D eigenvalue weighted by atomic mass is 9.95. The molecule has 8 heteroatoms. The summed E-state index contributed by atoms with van der Waals surface area (Å²) < 4.78 is 12.9. The van der Waals surface area contributed by atoms with Gasteiger partial charge in [-0.15, -0.1) is 0 Å². The van der Waals surface area contributed by atoms with Crippen LogP contribution in [0.5, 0.6) is 11.5 Å². The van der Waals surface area contributed by atoms with Crippen LogP contribution >= 0.6 is 0 Å². The fraction of sp³-hybridized carbons (Fsp3) is 0.296. The number of ether oxygens (including phenoxy) is 2. The zero-order valence-corrected chi connectivity index (χ0v) is 20.1. The SMILES string of the molecule is COc1ccc(/C(O)=C2\C(=O)C(=O)N(CCC[n+]3cc[nH]c3)C2c2ccc(OC(C)C)cc2)cc1. The number of aryl methyl sites for hydroxylation is 1. The number of hydrogen-bond donors (Lipinski definition) is 2. The fourth-order valence-electron chi connectivity index (χ4n) is 4.25. The van der Waals surface area contributed by atoms with E-state index >= 15 is 0 Å². The number of methoxy groups -OCH3 is 1. The molecule has 0 bridgehead atoms. The third-order valence-electron chi connectivity index (χ3n) is 5.89. The number of carbonyl (C=O) groups is 2. The van der Waals surface area contributed by atoms with Gasteiger partial charge in [-0.3, -0.25) is 14.6 Å². The molecule has 1 unspecified atom stereocenters. The number of aliphatic hydroxyl groups excluding tert-OH is 1. The molecule has 1 atom stereocenters. The van der Waals surface area contributed by atoms with Gasteiger partial charge in [0.05, 0.1) is 31.4 Å². The molecule has 35 heavy (non-hydrogen) atoms. The Kier molecular flexibility index (Phi) is 7.19. The first kappa shape index (κ1) is 24.1. The van der Waals surface area contributed by atoms with Crippen LogP contribution in [-0.2, 0) is 16.1 Å². The number of hydrogen-bond acceptors (Lipinski definition) is 5. The Bertz CT molecular complexity index is 1200. The lowest BCUT2D eigenvalue weighted by molar-refractivity contribution is -0.695. The van der Waals surface area contributed by atoms with Crippen molar-refractivity contribution in [1.82, 2.24) is 9.88 Å². The number of amides is 1. The van der Waals surface area contributed by atoms with E-state index < -0.39 is 17.7 Å². The average Bonchev–Trinajstić information content (AvgIpc) is 3.46. The largest absolute Gasteiger partial charge is 0.507 e. The first-order chi connectivity index (χ1) is 16.9. The minimum atomic E-state index is -0.707. The maximum absolute atomic E-state index is 13.2. The summed E-state index contributed by atoms with van der Waals surface area (Å²) in [6, 6.07) is 13.3. The maximum atomic E-state index is 13.2. The molecule has 4 rings (SSSR count). The third-order valence-corrected chi connectivity index (χ3v) is 5.89. The van der Waals surface area contributed by atoms with Gasteiger partial charge in [0.2, 0.25) is 6.33 Å². The normalized spacial score (nSPS) is 17.3. The Morgan fingerprint density at radius 3 is 2.37 bits per heavy atom. The maximum Gasteiger partial charge on any atom is 0.295 e. The summed E-state index contributed by atoms with van der Waals surface area (Å²) >= 11 is 0. The van der Waals surface area contributed by atoms with Crippen molar-refractivity contribution in [3.8, 4) is 11.5 Å². The molecule has 2 N–H and O–H groups in total. The molecule has 0 saturated carbocycles. The second-order valence-electron chi connectivity index (χ2n) is 8.66. The molecule has 1 fully saturated rings. The highest BCUT2D eigenvalue weighted by atomic mass is 16.5. The van der Waals surface area contributed by atoms with Crippen molar-refractivity contribution in [3.05, 3.63) is 84.0 Å². The van der Waals surface area contributed by atoms with Crippen molar-refractivity contribution in [2.45, 2.75) is 39.0 Å². The highest BCUT2D eigenvalue weighted by Gasteiger charge is 2.45. The second kappa shape index (κ2) is 10.5. The summed E-state index contributed by atoms with van der Waals surface area (Å²) in [4.78, 5) is 30.8. The van der Waals surface area contributed by atoms with Crippen molar-refractivity contribution in [3.63, 3.8) is 0 Å².